The van der Waals surface area contributed by atoms with E-state index < -0.39 is 4.92 Å². The molecule has 0 bridgehead atoms. The second-order valence-electron chi connectivity index (χ2n) is 8.18. The molecule has 0 unspecified atom stereocenters. The van der Waals surface area contributed by atoms with Crippen LogP contribution in [0.3, 0.4) is 0 Å². The van der Waals surface area contributed by atoms with Crippen LogP contribution in [0.25, 0.3) is 11.5 Å². The zero-order chi connectivity index (χ0) is 21.9. The van der Waals surface area contributed by atoms with Crippen LogP contribution in [0.2, 0.25) is 0 Å². The number of carbonyl (C=O) groups is 1. The summed E-state index contributed by atoms with van der Waals surface area (Å²) >= 11 is 0. The third-order valence-electron chi connectivity index (χ3n) is 4.77. The Labute approximate surface area is 174 Å². The highest BCUT2D eigenvalue weighted by Crippen LogP contribution is 2.25. The van der Waals surface area contributed by atoms with Gasteiger partial charge in [0, 0.05) is 24.7 Å². The summed E-state index contributed by atoms with van der Waals surface area (Å²) in [5.74, 6) is 0.587. The summed E-state index contributed by atoms with van der Waals surface area (Å²) < 4.78 is 5.72. The van der Waals surface area contributed by atoms with Crippen LogP contribution < -0.4 is 0 Å². The molecule has 3 aromatic rings. The SMILES string of the molecule is CN(Cc1nnc(-c2ccc(C(C)(C)C)cc2)o1)C(=O)Cc1ccc([N+](=O)[O-])cc1. The summed E-state index contributed by atoms with van der Waals surface area (Å²) in [5, 5.41) is 18.8. The van der Waals surface area contributed by atoms with Crippen molar-refractivity contribution in [3.8, 4) is 11.5 Å². The van der Waals surface area contributed by atoms with Crippen molar-refractivity contribution in [3.63, 3.8) is 0 Å². The lowest BCUT2D eigenvalue weighted by molar-refractivity contribution is -0.384. The molecule has 0 aliphatic heterocycles. The largest absolute Gasteiger partial charge is 0.419 e. The lowest BCUT2D eigenvalue weighted by Gasteiger charge is -2.18. The minimum atomic E-state index is -0.471. The number of aromatic nitrogens is 2. The lowest BCUT2D eigenvalue weighted by Crippen LogP contribution is -2.27. The molecule has 0 aliphatic carbocycles. The van der Waals surface area contributed by atoms with Crippen molar-refractivity contribution in [2.75, 3.05) is 7.05 Å². The highest BCUT2D eigenvalue weighted by molar-refractivity contribution is 5.78. The molecule has 8 heteroatoms. The molecule has 2 aromatic carbocycles. The first-order valence-corrected chi connectivity index (χ1v) is 9.54. The van der Waals surface area contributed by atoms with Gasteiger partial charge in [-0.25, -0.2) is 0 Å². The Morgan fingerprint density at radius 1 is 1.07 bits per heavy atom. The zero-order valence-corrected chi connectivity index (χ0v) is 17.5. The average Bonchev–Trinajstić information content (AvgIpc) is 3.16. The average molecular weight is 408 g/mol. The molecule has 0 atom stereocenters. The number of amides is 1. The molecule has 30 heavy (non-hydrogen) atoms. The number of nitro benzene ring substituents is 1. The highest BCUT2D eigenvalue weighted by atomic mass is 16.6. The number of nitro groups is 1. The fourth-order valence-corrected chi connectivity index (χ4v) is 2.88. The van der Waals surface area contributed by atoms with Crippen LogP contribution in [0.1, 0.15) is 37.8 Å². The van der Waals surface area contributed by atoms with E-state index in [1.54, 1.807) is 19.2 Å². The number of hydrogen-bond acceptors (Lipinski definition) is 6. The Kier molecular flexibility index (Phi) is 5.96. The third kappa shape index (κ3) is 5.08. The van der Waals surface area contributed by atoms with Gasteiger partial charge in [-0.1, -0.05) is 45.0 Å². The molecule has 0 fully saturated rings. The van der Waals surface area contributed by atoms with Gasteiger partial charge in [0.2, 0.25) is 17.7 Å². The van der Waals surface area contributed by atoms with E-state index in [0.29, 0.717) is 17.3 Å². The van der Waals surface area contributed by atoms with Crippen molar-refractivity contribution in [1.29, 1.82) is 0 Å². The van der Waals surface area contributed by atoms with Gasteiger partial charge in [0.15, 0.2) is 0 Å². The number of non-ortho nitro benzene ring substituents is 1. The van der Waals surface area contributed by atoms with Gasteiger partial charge in [-0.05, 0) is 28.7 Å². The first kappa shape index (κ1) is 21.2. The molecule has 1 aromatic heterocycles. The fraction of sp³-hybridized carbons (Fsp3) is 0.318. The van der Waals surface area contributed by atoms with Gasteiger partial charge in [-0.3, -0.25) is 14.9 Å². The van der Waals surface area contributed by atoms with E-state index in [9.17, 15) is 14.9 Å². The Balaban J connectivity index is 1.62. The molecule has 1 heterocycles. The normalized spacial score (nSPS) is 11.3. The zero-order valence-electron chi connectivity index (χ0n) is 17.5. The molecule has 0 spiro atoms. The number of benzene rings is 2. The molecule has 0 saturated heterocycles. The Morgan fingerprint density at radius 3 is 2.27 bits per heavy atom. The number of hydrogen-bond donors (Lipinski definition) is 0. The van der Waals surface area contributed by atoms with Gasteiger partial charge in [-0.15, -0.1) is 10.2 Å². The predicted octanol–water partition coefficient (Wildman–Crippen LogP) is 4.14. The Hall–Kier alpha value is -3.55. The van der Waals surface area contributed by atoms with Crippen molar-refractivity contribution >= 4 is 11.6 Å². The maximum absolute atomic E-state index is 12.4. The Morgan fingerprint density at radius 2 is 1.70 bits per heavy atom. The minimum Gasteiger partial charge on any atom is -0.419 e. The quantitative estimate of drug-likeness (QED) is 0.449. The van der Waals surface area contributed by atoms with Gasteiger partial charge >= 0.3 is 0 Å². The minimum absolute atomic E-state index is 0.00604. The van der Waals surface area contributed by atoms with Crippen LogP contribution >= 0.6 is 0 Å². The fourth-order valence-electron chi connectivity index (χ4n) is 2.88. The molecule has 156 valence electrons. The van der Waals surface area contributed by atoms with Crippen molar-refractivity contribution in [2.24, 2.45) is 0 Å². The number of rotatable bonds is 6. The van der Waals surface area contributed by atoms with Crippen molar-refractivity contribution < 1.29 is 14.1 Å². The van der Waals surface area contributed by atoms with Gasteiger partial charge in [0.25, 0.3) is 5.69 Å². The van der Waals surface area contributed by atoms with Gasteiger partial charge in [0.05, 0.1) is 17.9 Å². The topological polar surface area (TPSA) is 102 Å². The second kappa shape index (κ2) is 8.44. The molecule has 0 saturated carbocycles. The summed E-state index contributed by atoms with van der Waals surface area (Å²) in [6.07, 6.45) is 0.129. The van der Waals surface area contributed by atoms with Crippen LogP contribution in [0, 0.1) is 10.1 Å². The molecular weight excluding hydrogens is 384 g/mol. The van der Waals surface area contributed by atoms with Crippen LogP contribution in [0.5, 0.6) is 0 Å². The lowest BCUT2D eigenvalue weighted by atomic mass is 9.87. The molecule has 8 nitrogen and oxygen atoms in total. The summed E-state index contributed by atoms with van der Waals surface area (Å²) in [6.45, 7) is 6.63. The van der Waals surface area contributed by atoms with E-state index in [1.165, 1.54) is 22.6 Å². The summed E-state index contributed by atoms with van der Waals surface area (Å²) in [4.78, 5) is 24.2. The predicted molar refractivity (Wildman–Crippen MR) is 112 cm³/mol. The number of likely N-dealkylation sites (N-methyl/N-ethyl adjacent to an activating group) is 1. The van der Waals surface area contributed by atoms with Crippen LogP contribution in [-0.2, 0) is 23.2 Å². The number of nitrogens with zero attached hydrogens (tertiary/aromatic N) is 4. The van der Waals surface area contributed by atoms with Crippen molar-refractivity contribution in [1.82, 2.24) is 15.1 Å². The molecule has 0 N–H and O–H groups in total. The maximum atomic E-state index is 12.4. The second-order valence-corrected chi connectivity index (χ2v) is 8.18. The standard InChI is InChI=1S/C22H24N4O4/c1-22(2,3)17-9-7-16(8-10-17)21-24-23-19(30-21)14-25(4)20(27)13-15-5-11-18(12-6-15)26(28)29/h5-12H,13-14H2,1-4H3. The summed E-state index contributed by atoms with van der Waals surface area (Å²) in [5.41, 5.74) is 2.78. The van der Waals surface area contributed by atoms with Gasteiger partial charge in [-0.2, -0.15) is 0 Å². The summed E-state index contributed by atoms with van der Waals surface area (Å²) in [6, 6.07) is 13.9. The van der Waals surface area contributed by atoms with Gasteiger partial charge in [0.1, 0.15) is 0 Å². The van der Waals surface area contributed by atoms with Crippen LogP contribution in [-0.4, -0.2) is 33.0 Å². The summed E-state index contributed by atoms with van der Waals surface area (Å²) in [7, 11) is 1.65. The molecular formula is C22H24N4O4. The molecule has 0 aliphatic rings. The van der Waals surface area contributed by atoms with Crippen LogP contribution in [0.15, 0.2) is 52.9 Å². The Bertz CT molecular complexity index is 1030. The van der Waals surface area contributed by atoms with E-state index >= 15 is 0 Å². The van der Waals surface area contributed by atoms with E-state index in [1.807, 2.05) is 24.3 Å². The monoisotopic (exact) mass is 408 g/mol. The molecule has 1 amide bonds. The first-order valence-electron chi connectivity index (χ1n) is 9.54. The van der Waals surface area contributed by atoms with E-state index in [2.05, 4.69) is 31.0 Å². The van der Waals surface area contributed by atoms with Crippen LogP contribution in [0.4, 0.5) is 5.69 Å². The van der Waals surface area contributed by atoms with Crippen molar-refractivity contribution in [3.05, 3.63) is 75.7 Å². The van der Waals surface area contributed by atoms with E-state index in [-0.39, 0.29) is 30.0 Å². The maximum Gasteiger partial charge on any atom is 0.269 e. The first-order chi connectivity index (χ1) is 14.1. The molecule has 0 radical (unpaired) electrons. The van der Waals surface area contributed by atoms with E-state index in [0.717, 1.165) is 5.56 Å². The molecule has 3 rings (SSSR count). The smallest absolute Gasteiger partial charge is 0.269 e. The van der Waals surface area contributed by atoms with Gasteiger partial charge < -0.3 is 9.32 Å². The van der Waals surface area contributed by atoms with Crippen molar-refractivity contribution in [2.45, 2.75) is 39.2 Å². The third-order valence-corrected chi connectivity index (χ3v) is 4.77. The number of carbonyl (C=O) groups excluding carboxylic acids is 1. The highest BCUT2D eigenvalue weighted by Gasteiger charge is 2.17. The van der Waals surface area contributed by atoms with E-state index in [4.69, 9.17) is 4.42 Å².